The number of anilines is 1. The van der Waals surface area contributed by atoms with Gasteiger partial charge in [0.25, 0.3) is 5.91 Å². The molecule has 0 radical (unpaired) electrons. The molecule has 31 heavy (non-hydrogen) atoms. The van der Waals surface area contributed by atoms with E-state index in [0.29, 0.717) is 23.0 Å². The third-order valence-electron chi connectivity index (χ3n) is 6.32. The van der Waals surface area contributed by atoms with Crippen LogP contribution in [0.25, 0.3) is 11.5 Å². The fraction of sp³-hybridized carbons (Fsp3) is 0.375. The van der Waals surface area contributed by atoms with Crippen LogP contribution in [-0.2, 0) is 0 Å². The number of aryl methyl sites for hydroxylation is 2. The number of aromatic nitrogens is 4. The van der Waals surface area contributed by atoms with Crippen LogP contribution >= 0.6 is 0 Å². The first kappa shape index (κ1) is 19.6. The maximum atomic E-state index is 13.8. The highest BCUT2D eigenvalue weighted by atomic mass is 16.2. The van der Waals surface area contributed by atoms with Crippen molar-refractivity contribution in [3.63, 3.8) is 0 Å². The van der Waals surface area contributed by atoms with Crippen LogP contribution in [0.15, 0.2) is 49.1 Å². The van der Waals surface area contributed by atoms with E-state index in [9.17, 15) is 4.79 Å². The lowest BCUT2D eigenvalue weighted by Gasteiger charge is -2.50. The van der Waals surface area contributed by atoms with E-state index in [-0.39, 0.29) is 18.0 Å². The number of hydrogen-bond donors (Lipinski definition) is 1. The maximum absolute atomic E-state index is 13.8. The highest BCUT2D eigenvalue weighted by Crippen LogP contribution is 2.38. The van der Waals surface area contributed by atoms with Gasteiger partial charge in [0.2, 0.25) is 0 Å². The number of carbonyl (C=O) groups excluding carboxylic acids is 1. The summed E-state index contributed by atoms with van der Waals surface area (Å²) in [4.78, 5) is 33.5. The van der Waals surface area contributed by atoms with E-state index in [1.807, 2.05) is 37.1 Å². The van der Waals surface area contributed by atoms with Crippen molar-refractivity contribution in [3.05, 3.63) is 65.7 Å². The van der Waals surface area contributed by atoms with Gasteiger partial charge in [-0.15, -0.1) is 0 Å². The van der Waals surface area contributed by atoms with E-state index in [4.69, 9.17) is 0 Å². The maximum Gasteiger partial charge on any atom is 0.256 e. The number of rotatable bonds is 4. The van der Waals surface area contributed by atoms with Crippen LogP contribution < -0.4 is 5.32 Å². The molecule has 5 heterocycles. The Bertz CT molecular complexity index is 1080. The van der Waals surface area contributed by atoms with Crippen molar-refractivity contribution in [1.29, 1.82) is 0 Å². The highest BCUT2D eigenvalue weighted by molar-refractivity contribution is 5.99. The summed E-state index contributed by atoms with van der Waals surface area (Å²) in [5, 5.41) is 3.59. The molecule has 3 fully saturated rings. The third-order valence-corrected chi connectivity index (χ3v) is 6.32. The Balaban J connectivity index is 1.44. The Hall–Kier alpha value is -3.35. The van der Waals surface area contributed by atoms with Crippen molar-refractivity contribution in [2.24, 2.45) is 5.92 Å². The fourth-order valence-electron chi connectivity index (χ4n) is 4.81. The second kappa shape index (κ2) is 8.06. The Morgan fingerprint density at radius 3 is 2.58 bits per heavy atom. The molecule has 2 aliphatic heterocycles. The molecule has 1 amide bonds. The molecule has 3 atom stereocenters. The van der Waals surface area contributed by atoms with E-state index < -0.39 is 0 Å². The van der Waals surface area contributed by atoms with Crippen LogP contribution in [0.2, 0.25) is 0 Å². The van der Waals surface area contributed by atoms with Crippen molar-refractivity contribution in [1.82, 2.24) is 24.8 Å². The van der Waals surface area contributed by atoms with Crippen molar-refractivity contribution in [2.75, 3.05) is 11.9 Å². The van der Waals surface area contributed by atoms with Gasteiger partial charge in [-0.25, -0.2) is 15.0 Å². The van der Waals surface area contributed by atoms with Crippen LogP contribution in [0.5, 0.6) is 0 Å². The smallest absolute Gasteiger partial charge is 0.256 e. The lowest BCUT2D eigenvalue weighted by molar-refractivity contribution is 0.0282. The first-order chi connectivity index (χ1) is 15.1. The fourth-order valence-corrected chi connectivity index (χ4v) is 4.81. The molecule has 3 aromatic heterocycles. The lowest BCUT2D eigenvalue weighted by Crippen LogP contribution is -2.59. The molecule has 3 aliphatic rings. The molecule has 0 unspecified atom stereocenters. The molecule has 1 aliphatic carbocycles. The normalized spacial score (nSPS) is 22.4. The highest BCUT2D eigenvalue weighted by Gasteiger charge is 2.43. The molecule has 7 heteroatoms. The van der Waals surface area contributed by atoms with Crippen LogP contribution in [0.3, 0.4) is 0 Å². The van der Waals surface area contributed by atoms with Gasteiger partial charge in [-0.1, -0.05) is 6.07 Å². The Morgan fingerprint density at radius 2 is 1.84 bits per heavy atom. The van der Waals surface area contributed by atoms with Gasteiger partial charge in [0.15, 0.2) is 5.82 Å². The SMILES string of the molecule is Cc1ccc(N[C@@H]2C[C@@H]3CC[C@@H]2N(C(=O)c2cc(C)cnc2-c2ncccn2)C3)nc1. The average Bonchev–Trinajstić information content (AvgIpc) is 2.81. The number of fused-ring (bicyclic) bond motifs is 3. The van der Waals surface area contributed by atoms with Gasteiger partial charge in [-0.05, 0) is 68.4 Å². The van der Waals surface area contributed by atoms with Gasteiger partial charge in [-0.3, -0.25) is 9.78 Å². The first-order valence-corrected chi connectivity index (χ1v) is 10.8. The van der Waals surface area contributed by atoms with Crippen molar-refractivity contribution >= 4 is 11.7 Å². The Labute approximate surface area is 182 Å². The van der Waals surface area contributed by atoms with E-state index in [2.05, 4.69) is 31.3 Å². The predicted molar refractivity (Wildman–Crippen MR) is 119 cm³/mol. The summed E-state index contributed by atoms with van der Waals surface area (Å²) in [5.74, 6) is 1.85. The summed E-state index contributed by atoms with van der Waals surface area (Å²) in [5.41, 5.74) is 3.20. The Kier molecular flexibility index (Phi) is 5.10. The molecule has 158 valence electrons. The standard InChI is InChI=1S/C24H26N6O/c1-15-4-7-21(27-12-15)29-19-11-17-5-6-20(19)30(14-17)24(31)18-10-16(2)13-28-22(18)23-25-8-3-9-26-23/h3-4,7-10,12-13,17,19-20H,5-6,11,14H2,1-2H3,(H,27,29)/t17-,19+,20-/m0/s1. The zero-order valence-electron chi connectivity index (χ0n) is 17.8. The number of nitrogens with one attached hydrogen (secondary N) is 1. The van der Waals surface area contributed by atoms with Crippen LogP contribution in [0.4, 0.5) is 5.82 Å². The number of pyridine rings is 2. The minimum absolute atomic E-state index is 0.0109. The molecule has 6 rings (SSSR count). The predicted octanol–water partition coefficient (Wildman–Crippen LogP) is 3.66. The second-order valence-electron chi connectivity index (χ2n) is 8.66. The monoisotopic (exact) mass is 414 g/mol. The second-order valence-corrected chi connectivity index (χ2v) is 8.66. The summed E-state index contributed by atoms with van der Waals surface area (Å²) in [6.45, 7) is 4.77. The molecule has 2 bridgehead atoms. The average molecular weight is 415 g/mol. The number of nitrogens with zero attached hydrogens (tertiary/aromatic N) is 5. The molecule has 7 nitrogen and oxygen atoms in total. The zero-order valence-corrected chi connectivity index (χ0v) is 17.8. The molecule has 0 aromatic carbocycles. The minimum Gasteiger partial charge on any atom is -0.365 e. The van der Waals surface area contributed by atoms with E-state index >= 15 is 0 Å². The van der Waals surface area contributed by atoms with Gasteiger partial charge in [0, 0.05) is 37.4 Å². The van der Waals surface area contributed by atoms with Gasteiger partial charge >= 0.3 is 0 Å². The first-order valence-electron chi connectivity index (χ1n) is 10.8. The quantitative estimate of drug-likeness (QED) is 0.701. The van der Waals surface area contributed by atoms with Gasteiger partial charge in [-0.2, -0.15) is 0 Å². The molecule has 1 saturated carbocycles. The largest absolute Gasteiger partial charge is 0.365 e. The molecule has 2 saturated heterocycles. The molecule has 1 N–H and O–H groups in total. The summed E-state index contributed by atoms with van der Waals surface area (Å²) in [7, 11) is 0. The molecular formula is C24H26N6O. The summed E-state index contributed by atoms with van der Waals surface area (Å²) in [6.07, 6.45) is 10.2. The summed E-state index contributed by atoms with van der Waals surface area (Å²) < 4.78 is 0. The topological polar surface area (TPSA) is 83.9 Å². The van der Waals surface area contributed by atoms with Gasteiger partial charge in [0.1, 0.15) is 11.5 Å². The molecule has 3 aromatic rings. The molecule has 0 spiro atoms. The van der Waals surface area contributed by atoms with Gasteiger partial charge < -0.3 is 10.2 Å². The number of piperidine rings is 2. The number of amides is 1. The van der Waals surface area contributed by atoms with Crippen LogP contribution in [0.1, 0.15) is 40.7 Å². The minimum atomic E-state index is 0.0109. The van der Waals surface area contributed by atoms with E-state index in [0.717, 1.165) is 42.8 Å². The van der Waals surface area contributed by atoms with E-state index in [1.54, 1.807) is 24.7 Å². The Morgan fingerprint density at radius 1 is 1.03 bits per heavy atom. The van der Waals surface area contributed by atoms with Crippen molar-refractivity contribution in [3.8, 4) is 11.5 Å². The summed E-state index contributed by atoms with van der Waals surface area (Å²) >= 11 is 0. The van der Waals surface area contributed by atoms with E-state index in [1.165, 1.54) is 0 Å². The third kappa shape index (κ3) is 3.87. The zero-order chi connectivity index (χ0) is 21.4. The van der Waals surface area contributed by atoms with Gasteiger partial charge in [0.05, 0.1) is 11.6 Å². The lowest BCUT2D eigenvalue weighted by atomic mass is 9.76. The van der Waals surface area contributed by atoms with Crippen LogP contribution in [0, 0.1) is 19.8 Å². The van der Waals surface area contributed by atoms with Crippen molar-refractivity contribution in [2.45, 2.75) is 45.2 Å². The number of hydrogen-bond acceptors (Lipinski definition) is 6. The van der Waals surface area contributed by atoms with Crippen molar-refractivity contribution < 1.29 is 4.79 Å². The number of carbonyl (C=O) groups is 1. The summed E-state index contributed by atoms with van der Waals surface area (Å²) in [6, 6.07) is 8.07. The van der Waals surface area contributed by atoms with Crippen LogP contribution in [-0.4, -0.2) is 49.4 Å². The molecular weight excluding hydrogens is 388 g/mol.